The van der Waals surface area contributed by atoms with Gasteiger partial charge >= 0.3 is 0 Å². The Kier molecular flexibility index (Phi) is 4.24. The Hall–Kier alpha value is -2.68. The second kappa shape index (κ2) is 6.31. The van der Waals surface area contributed by atoms with Crippen molar-refractivity contribution in [2.75, 3.05) is 17.2 Å². The van der Waals surface area contributed by atoms with Crippen LogP contribution in [0.1, 0.15) is 6.42 Å². The van der Waals surface area contributed by atoms with Gasteiger partial charge in [-0.2, -0.15) is 5.26 Å². The third kappa shape index (κ3) is 3.64. The van der Waals surface area contributed by atoms with Gasteiger partial charge in [-0.3, -0.25) is 0 Å². The van der Waals surface area contributed by atoms with Crippen molar-refractivity contribution in [1.29, 1.82) is 5.26 Å². The summed E-state index contributed by atoms with van der Waals surface area (Å²) in [6.45, 7) is 0.507. The van der Waals surface area contributed by atoms with Gasteiger partial charge in [-0.15, -0.1) is 0 Å². The molecule has 0 atom stereocenters. The first-order valence-electron chi connectivity index (χ1n) is 5.74. The highest BCUT2D eigenvalue weighted by atomic mass is 19.1. The Morgan fingerprint density at radius 2 is 2.00 bits per heavy atom. The van der Waals surface area contributed by atoms with Crippen molar-refractivity contribution in [3.8, 4) is 6.07 Å². The zero-order chi connectivity index (χ0) is 13.5. The van der Waals surface area contributed by atoms with E-state index in [-0.39, 0.29) is 5.82 Å². The van der Waals surface area contributed by atoms with Crippen LogP contribution in [0.4, 0.5) is 21.7 Å². The smallest absolute Gasteiger partial charge is 0.146 e. The van der Waals surface area contributed by atoms with Crippen LogP contribution in [-0.4, -0.2) is 16.5 Å². The first-order valence-corrected chi connectivity index (χ1v) is 5.74. The fourth-order valence-corrected chi connectivity index (χ4v) is 1.47. The molecular formula is C13H12FN5. The second-order valence-electron chi connectivity index (χ2n) is 3.73. The molecule has 0 aliphatic heterocycles. The fourth-order valence-electron chi connectivity index (χ4n) is 1.47. The lowest BCUT2D eigenvalue weighted by Crippen LogP contribution is -2.04. The van der Waals surface area contributed by atoms with E-state index < -0.39 is 0 Å². The number of rotatable bonds is 5. The van der Waals surface area contributed by atoms with E-state index in [1.807, 2.05) is 6.07 Å². The molecule has 1 aromatic carbocycles. The predicted molar refractivity (Wildman–Crippen MR) is 70.4 cm³/mol. The molecule has 5 nitrogen and oxygen atoms in total. The van der Waals surface area contributed by atoms with Crippen molar-refractivity contribution in [2.24, 2.45) is 0 Å². The summed E-state index contributed by atoms with van der Waals surface area (Å²) in [6, 6.07) is 10.0. The maximum atomic E-state index is 13.5. The summed E-state index contributed by atoms with van der Waals surface area (Å²) in [6.07, 6.45) is 1.76. The summed E-state index contributed by atoms with van der Waals surface area (Å²) in [5.74, 6) is 0.726. The lowest BCUT2D eigenvalue weighted by atomic mass is 10.3. The van der Waals surface area contributed by atoms with E-state index in [4.69, 9.17) is 5.26 Å². The highest BCUT2D eigenvalue weighted by Gasteiger charge is 2.03. The van der Waals surface area contributed by atoms with Crippen LogP contribution >= 0.6 is 0 Å². The summed E-state index contributed by atoms with van der Waals surface area (Å²) >= 11 is 0. The number of para-hydroxylation sites is 1. The Bertz CT molecular complexity index is 594. The van der Waals surface area contributed by atoms with Crippen molar-refractivity contribution in [2.45, 2.75) is 6.42 Å². The van der Waals surface area contributed by atoms with E-state index in [0.717, 1.165) is 0 Å². The highest BCUT2D eigenvalue weighted by Crippen LogP contribution is 2.18. The number of nitriles is 1. The zero-order valence-electron chi connectivity index (χ0n) is 10.1. The van der Waals surface area contributed by atoms with Gasteiger partial charge in [-0.25, -0.2) is 14.4 Å². The van der Waals surface area contributed by atoms with Crippen LogP contribution in [0.2, 0.25) is 0 Å². The van der Waals surface area contributed by atoms with E-state index in [2.05, 4.69) is 20.6 Å². The maximum Gasteiger partial charge on any atom is 0.146 e. The molecule has 2 N–H and O–H groups in total. The van der Waals surface area contributed by atoms with Gasteiger partial charge < -0.3 is 10.6 Å². The molecule has 0 spiro atoms. The number of hydrogen-bond acceptors (Lipinski definition) is 5. The van der Waals surface area contributed by atoms with Crippen molar-refractivity contribution in [1.82, 2.24) is 9.97 Å². The molecule has 1 aromatic heterocycles. The molecule has 0 fully saturated rings. The molecule has 6 heteroatoms. The number of aromatic nitrogens is 2. The van der Waals surface area contributed by atoms with Crippen molar-refractivity contribution >= 4 is 17.3 Å². The fraction of sp³-hybridized carbons (Fsp3) is 0.154. The number of benzene rings is 1. The standard InChI is InChI=1S/C13H12FN5/c14-10-4-1-2-5-11(10)19-13-8-12(17-9-18-13)16-7-3-6-15/h1-2,4-5,8-9H,3,7H2,(H2,16,17,18,19). The second-order valence-corrected chi connectivity index (χ2v) is 3.73. The summed E-state index contributed by atoms with van der Waals surface area (Å²) in [4.78, 5) is 8.02. The Morgan fingerprint density at radius 1 is 1.21 bits per heavy atom. The van der Waals surface area contributed by atoms with Crippen LogP contribution in [0.15, 0.2) is 36.7 Å². The summed E-state index contributed by atoms with van der Waals surface area (Å²) in [5, 5.41) is 14.3. The molecule has 2 aromatic rings. The normalized spacial score (nSPS) is 9.68. The molecule has 0 amide bonds. The lowest BCUT2D eigenvalue weighted by Gasteiger charge is -2.08. The van der Waals surface area contributed by atoms with Crippen LogP contribution in [-0.2, 0) is 0 Å². The third-order valence-electron chi connectivity index (χ3n) is 2.35. The van der Waals surface area contributed by atoms with Gasteiger partial charge in [0, 0.05) is 12.6 Å². The third-order valence-corrected chi connectivity index (χ3v) is 2.35. The molecule has 0 aliphatic rings. The quantitative estimate of drug-likeness (QED) is 0.805. The van der Waals surface area contributed by atoms with Crippen LogP contribution in [0.3, 0.4) is 0 Å². The number of hydrogen-bond donors (Lipinski definition) is 2. The minimum absolute atomic E-state index is 0.347. The topological polar surface area (TPSA) is 73.6 Å². The largest absolute Gasteiger partial charge is 0.369 e. The van der Waals surface area contributed by atoms with E-state index in [1.54, 1.807) is 24.3 Å². The average molecular weight is 257 g/mol. The Morgan fingerprint density at radius 3 is 2.79 bits per heavy atom. The number of nitrogens with zero attached hydrogens (tertiary/aromatic N) is 3. The van der Waals surface area contributed by atoms with E-state index in [1.165, 1.54) is 12.4 Å². The summed E-state index contributed by atoms with van der Waals surface area (Å²) < 4.78 is 13.5. The molecule has 0 aliphatic carbocycles. The molecule has 19 heavy (non-hydrogen) atoms. The van der Waals surface area contributed by atoms with Gasteiger partial charge in [0.1, 0.15) is 23.8 Å². The van der Waals surface area contributed by atoms with Crippen molar-refractivity contribution in [3.05, 3.63) is 42.5 Å². The first kappa shape index (κ1) is 12.8. The minimum Gasteiger partial charge on any atom is -0.369 e. The Balaban J connectivity index is 2.07. The van der Waals surface area contributed by atoms with Gasteiger partial charge in [0.25, 0.3) is 0 Å². The molecule has 0 bridgehead atoms. The number of nitrogens with one attached hydrogen (secondary N) is 2. The molecular weight excluding hydrogens is 245 g/mol. The van der Waals surface area contributed by atoms with Crippen molar-refractivity contribution in [3.63, 3.8) is 0 Å². The van der Waals surface area contributed by atoms with Crippen LogP contribution < -0.4 is 10.6 Å². The van der Waals surface area contributed by atoms with Gasteiger partial charge in [0.05, 0.1) is 18.2 Å². The van der Waals surface area contributed by atoms with Crippen LogP contribution in [0.25, 0.3) is 0 Å². The summed E-state index contributed by atoms with van der Waals surface area (Å²) in [7, 11) is 0. The molecule has 0 unspecified atom stereocenters. The molecule has 1 heterocycles. The van der Waals surface area contributed by atoms with Gasteiger partial charge in [0.2, 0.25) is 0 Å². The van der Waals surface area contributed by atoms with E-state index in [0.29, 0.717) is 30.3 Å². The molecule has 2 rings (SSSR count). The van der Waals surface area contributed by atoms with Crippen LogP contribution in [0, 0.1) is 17.1 Å². The average Bonchev–Trinajstić information content (AvgIpc) is 2.42. The molecule has 0 saturated carbocycles. The first-order chi connectivity index (χ1) is 9.29. The monoisotopic (exact) mass is 257 g/mol. The lowest BCUT2D eigenvalue weighted by molar-refractivity contribution is 0.632. The van der Waals surface area contributed by atoms with Crippen molar-refractivity contribution < 1.29 is 4.39 Å². The molecule has 0 radical (unpaired) electrons. The molecule has 0 saturated heterocycles. The highest BCUT2D eigenvalue weighted by molar-refractivity contribution is 5.59. The Labute approximate surface area is 110 Å². The van der Waals surface area contributed by atoms with Gasteiger partial charge in [0.15, 0.2) is 0 Å². The van der Waals surface area contributed by atoms with E-state index in [9.17, 15) is 4.39 Å². The summed E-state index contributed by atoms with van der Waals surface area (Å²) in [5.41, 5.74) is 0.351. The number of halogens is 1. The number of anilines is 3. The maximum absolute atomic E-state index is 13.5. The zero-order valence-corrected chi connectivity index (χ0v) is 10.1. The van der Waals surface area contributed by atoms with Gasteiger partial charge in [-0.05, 0) is 12.1 Å². The van der Waals surface area contributed by atoms with Crippen LogP contribution in [0.5, 0.6) is 0 Å². The molecule has 96 valence electrons. The van der Waals surface area contributed by atoms with E-state index >= 15 is 0 Å². The SMILES string of the molecule is N#CCCNc1cc(Nc2ccccc2F)ncn1. The van der Waals surface area contributed by atoms with Gasteiger partial charge in [-0.1, -0.05) is 12.1 Å². The predicted octanol–water partition coefficient (Wildman–Crippen LogP) is 2.68. The minimum atomic E-state index is -0.347.